The summed E-state index contributed by atoms with van der Waals surface area (Å²) in [4.78, 5) is 0. The second kappa shape index (κ2) is 8.24. The van der Waals surface area contributed by atoms with Crippen molar-refractivity contribution in [1.29, 1.82) is 0 Å². The summed E-state index contributed by atoms with van der Waals surface area (Å²) < 4.78 is 94.4. The first-order chi connectivity index (χ1) is 16.7. The van der Waals surface area contributed by atoms with Crippen LogP contribution in [0.2, 0.25) is 0 Å². The fraction of sp³-hybridized carbons (Fsp3) is 0.0769. The van der Waals surface area contributed by atoms with E-state index in [1.165, 1.54) is 31.4 Å². The lowest BCUT2D eigenvalue weighted by Gasteiger charge is -2.40. The van der Waals surface area contributed by atoms with Crippen LogP contribution in [0, 0.1) is 36.0 Å². The van der Waals surface area contributed by atoms with Crippen LogP contribution in [0.5, 0.6) is 5.75 Å². The van der Waals surface area contributed by atoms with E-state index in [1.807, 2.05) is 0 Å². The number of benzene rings is 4. The monoisotopic (exact) mass is 501 g/mol. The lowest BCUT2D eigenvalue weighted by molar-refractivity contribution is 0.381. The maximum absolute atomic E-state index is 15.2. The van der Waals surface area contributed by atoms with Crippen molar-refractivity contribution in [3.05, 3.63) is 101 Å². The number of methoxy groups -OCH3 is 1. The van der Waals surface area contributed by atoms with E-state index in [-0.39, 0.29) is 16.3 Å². The Hall–Kier alpha value is -3.64. The van der Waals surface area contributed by atoms with E-state index in [2.05, 4.69) is 0 Å². The van der Waals surface area contributed by atoms with Crippen LogP contribution in [0.15, 0.2) is 66.7 Å². The first kappa shape index (κ1) is 23.1. The number of halogens is 5. The number of hydrogen-bond acceptors (Lipinski definition) is 2. The van der Waals surface area contributed by atoms with Gasteiger partial charge in [0.25, 0.3) is 0 Å². The lowest BCUT2D eigenvalue weighted by atomic mass is 10.0. The van der Waals surface area contributed by atoms with Crippen molar-refractivity contribution >= 4 is 29.3 Å². The molecule has 35 heavy (non-hydrogen) atoms. The quantitative estimate of drug-likeness (QED) is 0.135. The minimum atomic E-state index is -4.28. The molecule has 0 bridgehead atoms. The molecule has 0 aromatic heterocycles. The first-order valence-corrected chi connectivity index (χ1v) is 12.1. The van der Waals surface area contributed by atoms with Gasteiger partial charge in [-0.3, -0.25) is 9.24 Å². The van der Waals surface area contributed by atoms with Crippen molar-refractivity contribution in [3.8, 4) is 16.9 Å². The Morgan fingerprint density at radius 3 is 2.06 bits per heavy atom. The Kier molecular flexibility index (Phi) is 5.44. The number of hydrogen-bond donors (Lipinski definition) is 0. The summed E-state index contributed by atoms with van der Waals surface area (Å²) in [5, 5.41) is 0.301. The van der Waals surface area contributed by atoms with Gasteiger partial charge < -0.3 is 4.74 Å². The summed E-state index contributed by atoms with van der Waals surface area (Å²) in [7, 11) is -2.88. The van der Waals surface area contributed by atoms with Crippen LogP contribution in [0.25, 0.3) is 11.1 Å². The molecule has 0 saturated heterocycles. The molecular formula is C26H17F5NO2P. The van der Waals surface area contributed by atoms with E-state index >= 15 is 13.3 Å². The molecule has 1 aliphatic heterocycles. The van der Waals surface area contributed by atoms with Gasteiger partial charge in [0.15, 0.2) is 23.3 Å². The van der Waals surface area contributed by atoms with Crippen LogP contribution < -0.4 is 20.0 Å². The van der Waals surface area contributed by atoms with Gasteiger partial charge in [-0.2, -0.15) is 0 Å². The normalized spacial score (nSPS) is 16.6. The number of ether oxygens (including phenoxy) is 1. The highest BCUT2D eigenvalue weighted by molar-refractivity contribution is 7.80. The van der Waals surface area contributed by atoms with E-state index in [0.717, 1.165) is 4.67 Å². The fourth-order valence-electron chi connectivity index (χ4n) is 4.37. The Labute approximate surface area is 197 Å². The van der Waals surface area contributed by atoms with Gasteiger partial charge >= 0.3 is 0 Å². The maximum Gasteiger partial charge on any atom is 0.234 e. The molecule has 0 amide bonds. The fourth-order valence-corrected chi connectivity index (χ4v) is 7.52. The van der Waals surface area contributed by atoms with Crippen LogP contribution >= 0.6 is 7.29 Å². The summed E-state index contributed by atoms with van der Waals surface area (Å²) >= 11 is 0. The van der Waals surface area contributed by atoms with Gasteiger partial charge in [-0.15, -0.1) is 0 Å². The van der Waals surface area contributed by atoms with Crippen LogP contribution in [0.3, 0.4) is 0 Å². The zero-order valence-electron chi connectivity index (χ0n) is 18.5. The van der Waals surface area contributed by atoms with Gasteiger partial charge in [-0.1, -0.05) is 35.9 Å². The van der Waals surface area contributed by atoms with Crippen molar-refractivity contribution in [2.24, 2.45) is 0 Å². The largest absolute Gasteiger partial charge is 0.497 e. The Morgan fingerprint density at radius 2 is 1.40 bits per heavy atom. The third kappa shape index (κ3) is 3.27. The standard InChI is InChI=1S/C26H17F5NO2P/c1-14-6-5-7-16(12-14)35(33)20-13-15(34-2)10-11-18(20)17-8-3-4-9-19(17)32(35)26-24(30)22(28)21(27)23(29)25(26)31/h3-13H,1-2H3. The van der Waals surface area contributed by atoms with E-state index < -0.39 is 42.1 Å². The molecule has 1 aliphatic rings. The number of aryl methyl sites for hydroxylation is 1. The van der Waals surface area contributed by atoms with Crippen LogP contribution in [-0.4, -0.2) is 7.11 Å². The summed E-state index contributed by atoms with van der Waals surface area (Å²) in [6.45, 7) is 1.74. The average Bonchev–Trinajstić information content (AvgIpc) is 2.88. The lowest BCUT2D eigenvalue weighted by Crippen LogP contribution is -2.35. The molecule has 5 rings (SSSR count). The highest BCUT2D eigenvalue weighted by Crippen LogP contribution is 2.62. The minimum Gasteiger partial charge on any atom is -0.497 e. The molecule has 0 saturated carbocycles. The molecule has 0 N–H and O–H groups in total. The van der Waals surface area contributed by atoms with Crippen molar-refractivity contribution < 1.29 is 31.3 Å². The van der Waals surface area contributed by atoms with Gasteiger partial charge in [0.2, 0.25) is 13.1 Å². The molecule has 4 aromatic carbocycles. The smallest absolute Gasteiger partial charge is 0.234 e. The summed E-state index contributed by atoms with van der Waals surface area (Å²) in [6, 6.07) is 17.4. The van der Waals surface area contributed by atoms with E-state index in [9.17, 15) is 13.2 Å². The molecule has 3 nitrogen and oxygen atoms in total. The predicted octanol–water partition coefficient (Wildman–Crippen LogP) is 6.75. The van der Waals surface area contributed by atoms with Crippen molar-refractivity contribution in [1.82, 2.24) is 0 Å². The Morgan fingerprint density at radius 1 is 0.743 bits per heavy atom. The molecule has 4 aromatic rings. The molecule has 1 unspecified atom stereocenters. The molecule has 9 heteroatoms. The highest BCUT2D eigenvalue weighted by atomic mass is 31.2. The molecule has 178 valence electrons. The van der Waals surface area contributed by atoms with Gasteiger partial charge in [0.1, 0.15) is 11.4 Å². The zero-order chi connectivity index (χ0) is 25.1. The van der Waals surface area contributed by atoms with E-state index in [1.54, 1.807) is 49.4 Å². The predicted molar refractivity (Wildman–Crippen MR) is 125 cm³/mol. The third-order valence-electron chi connectivity index (χ3n) is 5.99. The SMILES string of the molecule is COc1ccc2c(c1)P(=O)(c1cccc(C)c1)N(c1c(F)c(F)c(F)c(F)c1F)c1ccccc1-2. The molecule has 1 atom stereocenters. The molecular weight excluding hydrogens is 484 g/mol. The van der Waals surface area contributed by atoms with E-state index in [0.29, 0.717) is 22.4 Å². The Balaban J connectivity index is 1.99. The van der Waals surface area contributed by atoms with Gasteiger partial charge in [0, 0.05) is 16.2 Å². The first-order valence-electron chi connectivity index (χ1n) is 10.5. The number of fused-ring (bicyclic) bond motifs is 3. The topological polar surface area (TPSA) is 29.5 Å². The Bertz CT molecular complexity index is 1530. The van der Waals surface area contributed by atoms with Crippen molar-refractivity contribution in [2.75, 3.05) is 11.8 Å². The van der Waals surface area contributed by atoms with Crippen molar-refractivity contribution in [2.45, 2.75) is 6.92 Å². The van der Waals surface area contributed by atoms with Gasteiger partial charge in [0.05, 0.1) is 12.8 Å². The number of rotatable bonds is 3. The summed E-state index contributed by atoms with van der Waals surface area (Å²) in [5.74, 6) is -10.4. The molecule has 0 radical (unpaired) electrons. The van der Waals surface area contributed by atoms with Crippen LogP contribution in [-0.2, 0) is 4.57 Å². The van der Waals surface area contributed by atoms with Gasteiger partial charge in [-0.25, -0.2) is 22.0 Å². The number of nitrogens with zero attached hydrogens (tertiary/aromatic N) is 1. The van der Waals surface area contributed by atoms with Crippen LogP contribution in [0.4, 0.5) is 33.3 Å². The molecule has 0 spiro atoms. The number of anilines is 2. The minimum absolute atomic E-state index is 0.0400. The molecule has 0 fully saturated rings. The average molecular weight is 501 g/mol. The van der Waals surface area contributed by atoms with Crippen LogP contribution in [0.1, 0.15) is 5.56 Å². The second-order valence-electron chi connectivity index (χ2n) is 8.05. The van der Waals surface area contributed by atoms with E-state index in [4.69, 9.17) is 4.74 Å². The van der Waals surface area contributed by atoms with Gasteiger partial charge in [-0.05, 0) is 48.9 Å². The molecule has 1 heterocycles. The van der Waals surface area contributed by atoms with Crippen molar-refractivity contribution in [3.63, 3.8) is 0 Å². The second-order valence-corrected chi connectivity index (χ2v) is 10.6. The number of para-hydroxylation sites is 1. The zero-order valence-corrected chi connectivity index (χ0v) is 19.3. The molecule has 0 aliphatic carbocycles. The third-order valence-corrected chi connectivity index (χ3v) is 8.97. The summed E-state index contributed by atoms with van der Waals surface area (Å²) in [6.07, 6.45) is 0. The summed E-state index contributed by atoms with van der Waals surface area (Å²) in [5.41, 5.74) is 0.350. The highest BCUT2D eigenvalue weighted by Gasteiger charge is 2.46. The maximum atomic E-state index is 15.2.